The van der Waals surface area contributed by atoms with E-state index in [-0.39, 0.29) is 24.4 Å². The number of fused-ring (bicyclic) bond motifs is 1. The van der Waals surface area contributed by atoms with E-state index >= 15 is 0 Å². The van der Waals surface area contributed by atoms with Gasteiger partial charge in [-0.1, -0.05) is 24.6 Å². The number of imidazole rings is 1. The van der Waals surface area contributed by atoms with Crippen molar-refractivity contribution in [2.24, 2.45) is 0 Å². The minimum atomic E-state index is -0.518. The number of piperidine rings is 1. The maximum Gasteiger partial charge on any atom is 0.270 e. The van der Waals surface area contributed by atoms with Gasteiger partial charge in [0.1, 0.15) is 17.2 Å². The molecule has 34 heavy (non-hydrogen) atoms. The number of pyridine rings is 1. The smallest absolute Gasteiger partial charge is 0.270 e. The van der Waals surface area contributed by atoms with E-state index in [2.05, 4.69) is 10.3 Å². The zero-order chi connectivity index (χ0) is 23.9. The molecule has 4 heterocycles. The van der Waals surface area contributed by atoms with Gasteiger partial charge in [-0.25, -0.2) is 9.37 Å². The molecule has 1 aromatic carbocycles. The monoisotopic (exact) mass is 486 g/mol. The number of rotatable bonds is 5. The second-order valence-electron chi connectivity index (χ2n) is 8.94. The molecular formula is C25H28ClFN4O3. The van der Waals surface area contributed by atoms with Gasteiger partial charge >= 0.3 is 0 Å². The van der Waals surface area contributed by atoms with E-state index in [0.29, 0.717) is 72.3 Å². The highest BCUT2D eigenvalue weighted by molar-refractivity contribution is 6.30. The highest BCUT2D eigenvalue weighted by atomic mass is 35.5. The van der Waals surface area contributed by atoms with Crippen molar-refractivity contribution in [3.63, 3.8) is 0 Å². The lowest BCUT2D eigenvalue weighted by Crippen LogP contribution is -2.45. The van der Waals surface area contributed by atoms with Crippen LogP contribution in [-0.2, 0) is 22.4 Å². The van der Waals surface area contributed by atoms with Crippen LogP contribution in [0.3, 0.4) is 0 Å². The summed E-state index contributed by atoms with van der Waals surface area (Å²) >= 11 is 6.12. The molecule has 2 aliphatic heterocycles. The Hall–Kier alpha value is -2.68. The summed E-state index contributed by atoms with van der Waals surface area (Å²) in [6.07, 6.45) is 3.80. The number of carbonyl (C=O) groups excluding carboxylic acids is 1. The molecule has 2 fully saturated rings. The van der Waals surface area contributed by atoms with Gasteiger partial charge in [-0.2, -0.15) is 0 Å². The first kappa shape index (κ1) is 23.1. The fourth-order valence-electron chi connectivity index (χ4n) is 4.79. The molecule has 0 saturated carbocycles. The van der Waals surface area contributed by atoms with Gasteiger partial charge in [-0.3, -0.25) is 9.20 Å². The third kappa shape index (κ3) is 4.37. The molecule has 180 valence electrons. The number of amides is 1. The third-order valence-corrected chi connectivity index (χ3v) is 6.76. The number of aromatic nitrogens is 2. The van der Waals surface area contributed by atoms with Crippen molar-refractivity contribution in [1.82, 2.24) is 14.7 Å². The highest BCUT2D eigenvalue weighted by Crippen LogP contribution is 2.36. The number of carbonyl (C=O) groups is 1. The van der Waals surface area contributed by atoms with Crippen molar-refractivity contribution >= 4 is 28.8 Å². The van der Waals surface area contributed by atoms with Crippen LogP contribution >= 0.6 is 11.6 Å². The van der Waals surface area contributed by atoms with Gasteiger partial charge in [-0.15, -0.1) is 0 Å². The van der Waals surface area contributed by atoms with Crippen molar-refractivity contribution in [2.75, 3.05) is 24.6 Å². The first-order chi connectivity index (χ1) is 16.4. The van der Waals surface area contributed by atoms with Crippen LogP contribution in [-0.4, -0.2) is 46.9 Å². The SMILES string of the molecule is CCc1nc2ccc(Cl)cn2c1C(=O)NCc1ccc(N2CCC3(CC2)OC[C@H](C)O3)c(F)c1. The molecule has 3 aromatic rings. The fourth-order valence-corrected chi connectivity index (χ4v) is 4.95. The summed E-state index contributed by atoms with van der Waals surface area (Å²) in [5.41, 5.74) is 3.04. The van der Waals surface area contributed by atoms with E-state index in [1.807, 2.05) is 24.8 Å². The van der Waals surface area contributed by atoms with Crippen molar-refractivity contribution < 1.29 is 18.7 Å². The zero-order valence-electron chi connectivity index (χ0n) is 19.3. The molecule has 9 heteroatoms. The Morgan fingerprint density at radius 1 is 1.29 bits per heavy atom. The van der Waals surface area contributed by atoms with Crippen LogP contribution in [0.25, 0.3) is 5.65 Å². The topological polar surface area (TPSA) is 68.1 Å². The molecule has 1 atom stereocenters. The Labute approximate surface area is 202 Å². The van der Waals surface area contributed by atoms with E-state index in [1.165, 1.54) is 6.07 Å². The van der Waals surface area contributed by atoms with Gasteiger partial charge in [0.2, 0.25) is 0 Å². The Morgan fingerprint density at radius 3 is 2.76 bits per heavy atom. The maximum absolute atomic E-state index is 15.0. The number of aryl methyl sites for hydroxylation is 1. The molecule has 2 aliphatic rings. The van der Waals surface area contributed by atoms with E-state index in [1.54, 1.807) is 28.8 Å². The number of nitrogens with one attached hydrogen (secondary N) is 1. The molecule has 5 rings (SSSR count). The summed E-state index contributed by atoms with van der Waals surface area (Å²) in [6.45, 7) is 6.09. The van der Waals surface area contributed by atoms with Gasteiger partial charge in [0, 0.05) is 38.7 Å². The first-order valence-corrected chi connectivity index (χ1v) is 12.0. The van der Waals surface area contributed by atoms with Gasteiger partial charge in [0.05, 0.1) is 29.1 Å². The number of anilines is 1. The van der Waals surface area contributed by atoms with Crippen LogP contribution in [0.4, 0.5) is 10.1 Å². The van der Waals surface area contributed by atoms with E-state index in [0.717, 1.165) is 0 Å². The quantitative estimate of drug-likeness (QED) is 0.580. The Kier molecular flexibility index (Phi) is 6.22. The van der Waals surface area contributed by atoms with Gasteiger partial charge in [-0.05, 0) is 43.2 Å². The summed E-state index contributed by atoms with van der Waals surface area (Å²) in [4.78, 5) is 19.5. The molecule has 1 spiro atoms. The van der Waals surface area contributed by atoms with E-state index in [4.69, 9.17) is 21.1 Å². The lowest BCUT2D eigenvalue weighted by molar-refractivity contribution is -0.178. The molecule has 1 amide bonds. The van der Waals surface area contributed by atoms with Crippen molar-refractivity contribution in [2.45, 2.75) is 51.5 Å². The standard InChI is InChI=1S/C25H28ClFN4O3/c1-3-20-23(31-14-18(26)5-7-22(31)29-20)24(32)28-13-17-4-6-21(19(27)12-17)30-10-8-25(9-11-30)33-15-16(2)34-25/h4-7,12,14,16H,3,8-11,13,15H2,1-2H3,(H,28,32)/t16-/m0/s1. The van der Waals surface area contributed by atoms with Gasteiger partial charge < -0.3 is 19.7 Å². The molecule has 7 nitrogen and oxygen atoms in total. The normalized spacial score (nSPS) is 19.8. The van der Waals surface area contributed by atoms with Crippen LogP contribution in [0.2, 0.25) is 5.02 Å². The average Bonchev–Trinajstić information content (AvgIpc) is 3.38. The Morgan fingerprint density at radius 2 is 2.09 bits per heavy atom. The van der Waals surface area contributed by atoms with Crippen molar-refractivity contribution in [3.8, 4) is 0 Å². The number of hydrogen-bond donors (Lipinski definition) is 1. The van der Waals surface area contributed by atoms with Crippen LogP contribution in [0.5, 0.6) is 0 Å². The lowest BCUT2D eigenvalue weighted by atomic mass is 10.0. The third-order valence-electron chi connectivity index (χ3n) is 6.53. The molecule has 2 saturated heterocycles. The Bertz CT molecular complexity index is 1220. The molecule has 0 aliphatic carbocycles. The Balaban J connectivity index is 1.25. The van der Waals surface area contributed by atoms with Crippen molar-refractivity contribution in [3.05, 3.63) is 64.3 Å². The number of benzene rings is 1. The second-order valence-corrected chi connectivity index (χ2v) is 9.38. The predicted octanol–water partition coefficient (Wildman–Crippen LogP) is 4.35. The van der Waals surface area contributed by atoms with Gasteiger partial charge in [0.15, 0.2) is 5.79 Å². The fraction of sp³-hybridized carbons (Fsp3) is 0.440. The van der Waals surface area contributed by atoms with E-state index in [9.17, 15) is 9.18 Å². The summed E-state index contributed by atoms with van der Waals surface area (Å²) < 4.78 is 28.5. The van der Waals surface area contributed by atoms with Gasteiger partial charge in [0.25, 0.3) is 5.91 Å². The molecule has 0 radical (unpaired) electrons. The predicted molar refractivity (Wildman–Crippen MR) is 128 cm³/mol. The molecule has 1 N–H and O–H groups in total. The molecule has 0 bridgehead atoms. The van der Waals surface area contributed by atoms with Crippen LogP contribution in [0.15, 0.2) is 36.5 Å². The van der Waals surface area contributed by atoms with Crippen LogP contribution < -0.4 is 10.2 Å². The number of halogens is 2. The van der Waals surface area contributed by atoms with Crippen LogP contribution in [0.1, 0.15) is 48.4 Å². The van der Waals surface area contributed by atoms with Crippen LogP contribution in [0, 0.1) is 5.82 Å². The minimum Gasteiger partial charge on any atom is -0.369 e. The summed E-state index contributed by atoms with van der Waals surface area (Å²) in [7, 11) is 0. The second kappa shape index (κ2) is 9.17. The number of hydrogen-bond acceptors (Lipinski definition) is 5. The maximum atomic E-state index is 15.0. The summed E-state index contributed by atoms with van der Waals surface area (Å²) in [6, 6.07) is 8.63. The zero-order valence-corrected chi connectivity index (χ0v) is 20.1. The number of ether oxygens (including phenoxy) is 2. The average molecular weight is 487 g/mol. The summed E-state index contributed by atoms with van der Waals surface area (Å²) in [5, 5.41) is 3.41. The first-order valence-electron chi connectivity index (χ1n) is 11.7. The van der Waals surface area contributed by atoms with E-state index < -0.39 is 5.79 Å². The minimum absolute atomic E-state index is 0.101. The molecular weight excluding hydrogens is 459 g/mol. The molecule has 2 aromatic heterocycles. The van der Waals surface area contributed by atoms with Crippen molar-refractivity contribution in [1.29, 1.82) is 0 Å². The number of nitrogens with zero attached hydrogens (tertiary/aromatic N) is 3. The lowest BCUT2D eigenvalue weighted by Gasteiger charge is -2.39. The summed E-state index contributed by atoms with van der Waals surface area (Å²) in [5.74, 6) is -1.10. The largest absolute Gasteiger partial charge is 0.369 e. The highest BCUT2D eigenvalue weighted by Gasteiger charge is 2.42. The molecule has 0 unspecified atom stereocenters.